The molecule has 0 saturated heterocycles. The van der Waals surface area contributed by atoms with Crippen LogP contribution in [0.1, 0.15) is 24.0 Å². The van der Waals surface area contributed by atoms with E-state index in [0.717, 1.165) is 12.0 Å². The molecule has 0 aliphatic carbocycles. The largest absolute Gasteiger partial charge is 0.198 e. The maximum atomic E-state index is 8.75. The molecule has 2 aromatic rings. The van der Waals surface area contributed by atoms with Crippen LogP contribution in [0.25, 0.3) is 0 Å². The van der Waals surface area contributed by atoms with Crippen LogP contribution in [-0.2, 0) is 6.42 Å². The molecule has 2 rings (SSSR count). The van der Waals surface area contributed by atoms with E-state index in [1.54, 1.807) is 0 Å². The van der Waals surface area contributed by atoms with Gasteiger partial charge in [-0.25, -0.2) is 0 Å². The summed E-state index contributed by atoms with van der Waals surface area (Å²) in [5.41, 5.74) is 2.11. The van der Waals surface area contributed by atoms with Crippen molar-refractivity contribution in [2.75, 3.05) is 0 Å². The summed E-state index contributed by atoms with van der Waals surface area (Å²) in [6, 6.07) is 24.7. The molecule has 0 aliphatic heterocycles. The van der Waals surface area contributed by atoms with Crippen LogP contribution in [0, 0.1) is 23.3 Å². The molecule has 3 nitrogen and oxygen atoms in total. The third kappa shape index (κ3) is 5.61. The highest BCUT2D eigenvalue weighted by Gasteiger charge is 2.07. The zero-order valence-corrected chi connectivity index (χ0v) is 12.3. The molecular formula is C19H17N3. The predicted molar refractivity (Wildman–Crippen MR) is 87.0 cm³/mol. The van der Waals surface area contributed by atoms with Crippen LogP contribution in [-0.4, -0.2) is 6.04 Å². The zero-order chi connectivity index (χ0) is 15.5. The number of hydrogen-bond acceptors (Lipinski definition) is 3. The minimum absolute atomic E-state index is 0.00729. The Hall–Kier alpha value is -2.91. The van der Waals surface area contributed by atoms with Gasteiger partial charge in [0.25, 0.3) is 0 Å². The first-order chi connectivity index (χ1) is 10.9. The Morgan fingerprint density at radius 1 is 0.955 bits per heavy atom. The Labute approximate surface area is 131 Å². The minimum atomic E-state index is -0.00729. The van der Waals surface area contributed by atoms with Gasteiger partial charge in [-0.15, -0.1) is 5.11 Å². The van der Waals surface area contributed by atoms with Crippen LogP contribution in [0.4, 0.5) is 0 Å². The standard InChI is InChI=1S/C19H17N3/c20-14-7-12-19(16-18-10-5-2-6-11-18)22-21-15-13-17-8-3-1-4-9-17/h1-6,8-11,19H,7,12,16H2. The van der Waals surface area contributed by atoms with Gasteiger partial charge in [0, 0.05) is 12.0 Å². The number of azo groups is 1. The lowest BCUT2D eigenvalue weighted by Gasteiger charge is -2.08. The Kier molecular flexibility index (Phi) is 6.41. The van der Waals surface area contributed by atoms with E-state index in [2.05, 4.69) is 40.4 Å². The Balaban J connectivity index is 1.99. The molecule has 0 fully saturated rings. The fraction of sp³-hybridized carbons (Fsp3) is 0.211. The van der Waals surface area contributed by atoms with Gasteiger partial charge in [0.1, 0.15) is 0 Å². The van der Waals surface area contributed by atoms with Gasteiger partial charge in [0.2, 0.25) is 0 Å². The molecule has 0 heterocycles. The highest BCUT2D eigenvalue weighted by molar-refractivity contribution is 5.33. The molecule has 0 radical (unpaired) electrons. The average molecular weight is 287 g/mol. The minimum Gasteiger partial charge on any atom is -0.198 e. The van der Waals surface area contributed by atoms with E-state index in [4.69, 9.17) is 5.26 Å². The summed E-state index contributed by atoms with van der Waals surface area (Å²) in [4.78, 5) is 0. The second-order valence-electron chi connectivity index (χ2n) is 4.86. The summed E-state index contributed by atoms with van der Waals surface area (Å²) in [5, 5.41) is 17.0. The van der Waals surface area contributed by atoms with E-state index in [0.29, 0.717) is 12.8 Å². The lowest BCUT2D eigenvalue weighted by Crippen LogP contribution is -2.07. The normalized spacial score (nSPS) is 11.4. The van der Waals surface area contributed by atoms with Crippen molar-refractivity contribution < 1.29 is 0 Å². The topological polar surface area (TPSA) is 48.5 Å². The maximum Gasteiger partial charge on any atom is 0.0770 e. The molecule has 0 N–H and O–H groups in total. The maximum absolute atomic E-state index is 8.75. The van der Waals surface area contributed by atoms with Crippen molar-refractivity contribution in [1.29, 1.82) is 5.26 Å². The van der Waals surface area contributed by atoms with Crippen LogP contribution in [0.3, 0.4) is 0 Å². The highest BCUT2D eigenvalue weighted by atomic mass is 15.1. The van der Waals surface area contributed by atoms with Gasteiger partial charge in [-0.05, 0) is 36.5 Å². The summed E-state index contributed by atoms with van der Waals surface area (Å²) >= 11 is 0. The molecule has 2 aromatic carbocycles. The van der Waals surface area contributed by atoms with Gasteiger partial charge in [-0.3, -0.25) is 0 Å². The quantitative estimate of drug-likeness (QED) is 0.595. The van der Waals surface area contributed by atoms with Gasteiger partial charge < -0.3 is 0 Å². The van der Waals surface area contributed by atoms with Gasteiger partial charge >= 0.3 is 0 Å². The van der Waals surface area contributed by atoms with E-state index in [1.807, 2.05) is 48.5 Å². The van der Waals surface area contributed by atoms with Crippen molar-refractivity contribution in [2.45, 2.75) is 25.3 Å². The molecule has 0 amide bonds. The van der Waals surface area contributed by atoms with Crippen LogP contribution < -0.4 is 0 Å². The molecule has 0 saturated carbocycles. The van der Waals surface area contributed by atoms with Crippen molar-refractivity contribution in [3.05, 3.63) is 71.8 Å². The lowest BCUT2D eigenvalue weighted by molar-refractivity contribution is 0.598. The van der Waals surface area contributed by atoms with Gasteiger partial charge in [0.05, 0.1) is 18.2 Å². The summed E-state index contributed by atoms with van der Waals surface area (Å²) < 4.78 is 0. The average Bonchev–Trinajstić information content (AvgIpc) is 2.58. The number of benzene rings is 2. The molecule has 0 bridgehead atoms. The van der Waals surface area contributed by atoms with Gasteiger partial charge in [-0.1, -0.05) is 48.5 Å². The first kappa shape index (κ1) is 15.5. The van der Waals surface area contributed by atoms with E-state index >= 15 is 0 Å². The monoisotopic (exact) mass is 287 g/mol. The van der Waals surface area contributed by atoms with Crippen LogP contribution in [0.2, 0.25) is 0 Å². The SMILES string of the molecule is N#CCCC(Cc1ccccc1)N=NC#Cc1ccccc1. The fourth-order valence-electron chi connectivity index (χ4n) is 2.04. The van der Waals surface area contributed by atoms with Crippen LogP contribution >= 0.6 is 0 Å². The molecule has 0 aromatic heterocycles. The first-order valence-electron chi connectivity index (χ1n) is 7.25. The van der Waals surface area contributed by atoms with Gasteiger partial charge in [-0.2, -0.15) is 10.4 Å². The Morgan fingerprint density at radius 3 is 2.32 bits per heavy atom. The zero-order valence-electron chi connectivity index (χ0n) is 12.3. The predicted octanol–water partition coefficient (Wildman–Crippen LogP) is 4.36. The third-order valence-corrected chi connectivity index (χ3v) is 3.15. The summed E-state index contributed by atoms with van der Waals surface area (Å²) in [7, 11) is 0. The molecule has 0 aliphatic rings. The Bertz CT molecular complexity index is 688. The lowest BCUT2D eigenvalue weighted by atomic mass is 10.0. The second kappa shape index (κ2) is 9.10. The number of nitriles is 1. The number of hydrogen-bond donors (Lipinski definition) is 0. The number of rotatable bonds is 5. The fourth-order valence-corrected chi connectivity index (χ4v) is 2.04. The molecule has 1 atom stereocenters. The molecule has 0 spiro atoms. The van der Waals surface area contributed by atoms with E-state index in [9.17, 15) is 0 Å². The summed E-state index contributed by atoms with van der Waals surface area (Å²) in [5.74, 6) is 2.94. The van der Waals surface area contributed by atoms with E-state index < -0.39 is 0 Å². The van der Waals surface area contributed by atoms with Crippen molar-refractivity contribution in [2.24, 2.45) is 10.2 Å². The smallest absolute Gasteiger partial charge is 0.0770 e. The molecule has 108 valence electrons. The summed E-state index contributed by atoms with van der Waals surface area (Å²) in [6.45, 7) is 0. The van der Waals surface area contributed by atoms with E-state index in [-0.39, 0.29) is 6.04 Å². The van der Waals surface area contributed by atoms with Gasteiger partial charge in [0.15, 0.2) is 0 Å². The van der Waals surface area contributed by atoms with Crippen molar-refractivity contribution >= 4 is 0 Å². The van der Waals surface area contributed by atoms with E-state index in [1.165, 1.54) is 5.56 Å². The van der Waals surface area contributed by atoms with Crippen LogP contribution in [0.15, 0.2) is 70.9 Å². The molecular weight excluding hydrogens is 270 g/mol. The first-order valence-corrected chi connectivity index (χ1v) is 7.25. The third-order valence-electron chi connectivity index (χ3n) is 3.15. The van der Waals surface area contributed by atoms with Crippen molar-refractivity contribution in [1.82, 2.24) is 0 Å². The van der Waals surface area contributed by atoms with Crippen molar-refractivity contribution in [3.8, 4) is 18.0 Å². The molecule has 22 heavy (non-hydrogen) atoms. The van der Waals surface area contributed by atoms with Crippen LogP contribution in [0.5, 0.6) is 0 Å². The molecule has 3 heteroatoms. The van der Waals surface area contributed by atoms with Crippen molar-refractivity contribution in [3.63, 3.8) is 0 Å². The highest BCUT2D eigenvalue weighted by Crippen LogP contribution is 2.11. The Morgan fingerprint density at radius 2 is 1.64 bits per heavy atom. The second-order valence-corrected chi connectivity index (χ2v) is 4.86. The molecule has 1 unspecified atom stereocenters. The summed E-state index contributed by atoms with van der Waals surface area (Å²) in [6.07, 6.45) is 1.95. The number of nitrogens with zero attached hydrogens (tertiary/aromatic N) is 3.